The van der Waals surface area contributed by atoms with Gasteiger partial charge in [-0.3, -0.25) is 0 Å². The van der Waals surface area contributed by atoms with E-state index in [-0.39, 0.29) is 11.9 Å². The molecule has 1 unspecified atom stereocenters. The van der Waals surface area contributed by atoms with Gasteiger partial charge in [-0.25, -0.2) is 4.39 Å². The van der Waals surface area contributed by atoms with Crippen LogP contribution in [0.3, 0.4) is 0 Å². The molecule has 0 radical (unpaired) electrons. The molecule has 0 heterocycles. The van der Waals surface area contributed by atoms with Crippen LogP contribution in [-0.4, -0.2) is 13.2 Å². The summed E-state index contributed by atoms with van der Waals surface area (Å²) in [5, 5.41) is 3.34. The highest BCUT2D eigenvalue weighted by Gasteiger charge is 2.11. The summed E-state index contributed by atoms with van der Waals surface area (Å²) in [7, 11) is 0. The summed E-state index contributed by atoms with van der Waals surface area (Å²) < 4.78 is 19.2. The van der Waals surface area contributed by atoms with E-state index >= 15 is 0 Å². The molecular formula is C18H30FNO. The maximum absolute atomic E-state index is 13.4. The van der Waals surface area contributed by atoms with E-state index in [4.69, 9.17) is 4.74 Å². The number of ether oxygens (including phenoxy) is 1. The predicted octanol–water partition coefficient (Wildman–Crippen LogP) is 5.24. The monoisotopic (exact) mass is 295 g/mol. The Bertz CT molecular complexity index is 395. The molecule has 21 heavy (non-hydrogen) atoms. The standard InChI is InChI=1S/C18H30FNO/c1-4-6-7-8-9-10-13-21-18-14-16(19)11-12-17(18)15(3)20-5-2/h11-12,14-15,20H,4-10,13H2,1-3H3. The van der Waals surface area contributed by atoms with E-state index in [9.17, 15) is 4.39 Å². The zero-order chi connectivity index (χ0) is 15.5. The number of halogens is 1. The second-order valence-electron chi connectivity index (χ2n) is 5.58. The lowest BCUT2D eigenvalue weighted by molar-refractivity contribution is 0.297. The molecule has 120 valence electrons. The normalized spacial score (nSPS) is 12.4. The number of hydrogen-bond acceptors (Lipinski definition) is 2. The van der Waals surface area contributed by atoms with Crippen molar-refractivity contribution < 1.29 is 9.13 Å². The van der Waals surface area contributed by atoms with Crippen molar-refractivity contribution in [2.45, 2.75) is 65.3 Å². The molecule has 0 bridgehead atoms. The van der Waals surface area contributed by atoms with Gasteiger partial charge in [-0.2, -0.15) is 0 Å². The van der Waals surface area contributed by atoms with Crippen LogP contribution in [0.15, 0.2) is 18.2 Å². The molecule has 0 fully saturated rings. The van der Waals surface area contributed by atoms with Crippen LogP contribution in [0, 0.1) is 5.82 Å². The number of hydrogen-bond donors (Lipinski definition) is 1. The molecule has 0 saturated carbocycles. The zero-order valence-corrected chi connectivity index (χ0v) is 13.8. The summed E-state index contributed by atoms with van der Waals surface area (Å²) in [6, 6.07) is 5.00. The maximum atomic E-state index is 13.4. The number of rotatable bonds is 11. The van der Waals surface area contributed by atoms with Crippen molar-refractivity contribution in [3.63, 3.8) is 0 Å². The molecule has 1 atom stereocenters. The lowest BCUT2D eigenvalue weighted by Crippen LogP contribution is -2.18. The van der Waals surface area contributed by atoms with Crippen molar-refractivity contribution in [2.75, 3.05) is 13.2 Å². The molecule has 0 saturated heterocycles. The molecule has 0 spiro atoms. The van der Waals surface area contributed by atoms with Crippen LogP contribution in [-0.2, 0) is 0 Å². The first-order chi connectivity index (χ1) is 10.2. The highest BCUT2D eigenvalue weighted by atomic mass is 19.1. The molecule has 1 aromatic carbocycles. The van der Waals surface area contributed by atoms with Crippen LogP contribution < -0.4 is 10.1 Å². The largest absolute Gasteiger partial charge is 0.493 e. The van der Waals surface area contributed by atoms with Gasteiger partial charge in [0.2, 0.25) is 0 Å². The first-order valence-electron chi connectivity index (χ1n) is 8.34. The summed E-state index contributed by atoms with van der Waals surface area (Å²) >= 11 is 0. The summed E-state index contributed by atoms with van der Waals surface area (Å²) in [5.74, 6) is 0.442. The summed E-state index contributed by atoms with van der Waals surface area (Å²) in [4.78, 5) is 0. The second kappa shape index (κ2) is 10.6. The van der Waals surface area contributed by atoms with Gasteiger partial charge in [0.1, 0.15) is 11.6 Å². The Morgan fingerprint density at radius 1 is 1.10 bits per heavy atom. The number of nitrogens with one attached hydrogen (secondary N) is 1. The fourth-order valence-electron chi connectivity index (χ4n) is 2.47. The minimum atomic E-state index is -0.236. The highest BCUT2D eigenvalue weighted by Crippen LogP contribution is 2.26. The topological polar surface area (TPSA) is 21.3 Å². The first kappa shape index (κ1) is 18.0. The zero-order valence-electron chi connectivity index (χ0n) is 13.8. The van der Waals surface area contributed by atoms with Crippen molar-refractivity contribution >= 4 is 0 Å². The molecule has 3 heteroatoms. The van der Waals surface area contributed by atoms with Crippen molar-refractivity contribution in [1.82, 2.24) is 5.32 Å². The Kier molecular flexibility index (Phi) is 9.07. The molecular weight excluding hydrogens is 265 g/mol. The van der Waals surface area contributed by atoms with E-state index in [0.29, 0.717) is 12.4 Å². The first-order valence-corrected chi connectivity index (χ1v) is 8.34. The van der Waals surface area contributed by atoms with Crippen LogP contribution >= 0.6 is 0 Å². The van der Waals surface area contributed by atoms with Crippen molar-refractivity contribution in [1.29, 1.82) is 0 Å². The Hall–Kier alpha value is -1.09. The van der Waals surface area contributed by atoms with Crippen molar-refractivity contribution in [3.8, 4) is 5.75 Å². The Morgan fingerprint density at radius 2 is 1.81 bits per heavy atom. The van der Waals surface area contributed by atoms with Gasteiger partial charge in [-0.05, 0) is 26.0 Å². The Labute approximate surface area is 129 Å². The third-order valence-electron chi connectivity index (χ3n) is 3.71. The van der Waals surface area contributed by atoms with Crippen LogP contribution in [0.25, 0.3) is 0 Å². The van der Waals surface area contributed by atoms with Gasteiger partial charge in [0, 0.05) is 17.7 Å². The molecule has 0 aromatic heterocycles. The van der Waals surface area contributed by atoms with E-state index in [2.05, 4.69) is 26.1 Å². The van der Waals surface area contributed by atoms with Gasteiger partial charge in [-0.15, -0.1) is 0 Å². The van der Waals surface area contributed by atoms with Gasteiger partial charge < -0.3 is 10.1 Å². The minimum Gasteiger partial charge on any atom is -0.493 e. The van der Waals surface area contributed by atoms with E-state index in [1.165, 1.54) is 44.2 Å². The fraction of sp³-hybridized carbons (Fsp3) is 0.667. The lowest BCUT2D eigenvalue weighted by atomic mass is 10.1. The smallest absolute Gasteiger partial charge is 0.126 e. The second-order valence-corrected chi connectivity index (χ2v) is 5.58. The molecule has 2 nitrogen and oxygen atoms in total. The Balaban J connectivity index is 2.43. The SMILES string of the molecule is CCCCCCCCOc1cc(F)ccc1C(C)NCC. The minimum absolute atomic E-state index is 0.176. The van der Waals surface area contributed by atoms with Crippen LogP contribution in [0.1, 0.15) is 70.9 Å². The quantitative estimate of drug-likeness (QED) is 0.564. The van der Waals surface area contributed by atoms with Crippen LogP contribution in [0.4, 0.5) is 4.39 Å². The molecule has 1 rings (SSSR count). The van der Waals surface area contributed by atoms with Gasteiger partial charge in [0.15, 0.2) is 0 Å². The van der Waals surface area contributed by atoms with Crippen LogP contribution in [0.2, 0.25) is 0 Å². The van der Waals surface area contributed by atoms with E-state index in [0.717, 1.165) is 18.5 Å². The van der Waals surface area contributed by atoms with E-state index in [1.807, 2.05) is 6.07 Å². The van der Waals surface area contributed by atoms with Gasteiger partial charge >= 0.3 is 0 Å². The summed E-state index contributed by atoms with van der Waals surface area (Å²) in [5.41, 5.74) is 1.03. The summed E-state index contributed by atoms with van der Waals surface area (Å²) in [6.45, 7) is 7.92. The van der Waals surface area contributed by atoms with Gasteiger partial charge in [0.25, 0.3) is 0 Å². The maximum Gasteiger partial charge on any atom is 0.126 e. The predicted molar refractivity (Wildman–Crippen MR) is 87.4 cm³/mol. The molecule has 0 amide bonds. The average Bonchev–Trinajstić information content (AvgIpc) is 2.46. The highest BCUT2D eigenvalue weighted by molar-refractivity contribution is 5.36. The van der Waals surface area contributed by atoms with Gasteiger partial charge in [-0.1, -0.05) is 52.0 Å². The molecule has 1 N–H and O–H groups in total. The molecule has 1 aromatic rings. The fourth-order valence-corrected chi connectivity index (χ4v) is 2.47. The number of unbranched alkanes of at least 4 members (excludes halogenated alkanes) is 5. The van der Waals surface area contributed by atoms with Crippen LogP contribution in [0.5, 0.6) is 5.75 Å². The third kappa shape index (κ3) is 6.94. The molecule has 0 aliphatic rings. The molecule has 0 aliphatic heterocycles. The van der Waals surface area contributed by atoms with E-state index in [1.54, 1.807) is 0 Å². The molecule has 0 aliphatic carbocycles. The summed E-state index contributed by atoms with van der Waals surface area (Å²) in [6.07, 6.45) is 7.38. The number of benzene rings is 1. The van der Waals surface area contributed by atoms with Gasteiger partial charge in [0.05, 0.1) is 6.61 Å². The average molecular weight is 295 g/mol. The van der Waals surface area contributed by atoms with E-state index < -0.39 is 0 Å². The lowest BCUT2D eigenvalue weighted by Gasteiger charge is -2.17. The van der Waals surface area contributed by atoms with Crippen molar-refractivity contribution in [3.05, 3.63) is 29.6 Å². The van der Waals surface area contributed by atoms with Crippen molar-refractivity contribution in [2.24, 2.45) is 0 Å². The third-order valence-corrected chi connectivity index (χ3v) is 3.71. The Morgan fingerprint density at radius 3 is 2.52 bits per heavy atom.